The second-order valence-corrected chi connectivity index (χ2v) is 18.4. The average molecular weight is 829 g/mol. The van der Waals surface area contributed by atoms with Gasteiger partial charge in [-0.1, -0.05) is 178 Å². The smallest absolute Gasteiger partial charge is 0.136 e. The zero-order valence-electron chi connectivity index (χ0n) is 35.9. The Labute approximate surface area is 375 Å². The third-order valence-electron chi connectivity index (χ3n) is 14.5. The van der Waals surface area contributed by atoms with Crippen molar-refractivity contribution in [1.29, 1.82) is 0 Å². The lowest BCUT2D eigenvalue weighted by Crippen LogP contribution is -2.14. The summed E-state index contributed by atoms with van der Waals surface area (Å²) in [5.74, 6) is 0. The van der Waals surface area contributed by atoms with Crippen LogP contribution in [0, 0.1) is 0 Å². The molecule has 0 bridgehead atoms. The fourth-order valence-corrected chi connectivity index (χ4v) is 11.2. The van der Waals surface area contributed by atoms with Crippen molar-refractivity contribution in [1.82, 2.24) is 0 Å². The topological polar surface area (TPSA) is 26.3 Å². The van der Waals surface area contributed by atoms with Crippen LogP contribution in [0.4, 0.5) is 0 Å². The second-order valence-electron chi connectivity index (χ2n) is 18.4. The predicted octanol–water partition coefficient (Wildman–Crippen LogP) is 17.9. The quantitative estimate of drug-likeness (QED) is 0.165. The molecule has 0 N–H and O–H groups in total. The molecule has 2 aromatic heterocycles. The summed E-state index contributed by atoms with van der Waals surface area (Å²) in [6, 6.07) is 75.6. The minimum absolute atomic E-state index is 0.0349. The standard InChI is InChI=1S/C63H40O2/c1-63(2)56-15-7-5-13-50(56)62-44(14-9-16-57(62)63)43-27-30-48-47-29-26-41(32-51(47)45-10-3-4-11-46(45)52(48)34-43)39-22-18-37(19-23-39)38-20-24-40(25-21-38)42-28-31-59-53(33-42)55-36-60-54(35-61(55)65-59)49-12-6-8-17-58(49)64-60/h3-36H,1-2H3. The molecule has 1 aliphatic carbocycles. The largest absolute Gasteiger partial charge is 0.456 e. The molecule has 14 rings (SSSR count). The fourth-order valence-electron chi connectivity index (χ4n) is 11.2. The number of furan rings is 2. The molecule has 0 amide bonds. The minimum Gasteiger partial charge on any atom is -0.456 e. The second kappa shape index (κ2) is 13.4. The Kier molecular flexibility index (Phi) is 7.49. The van der Waals surface area contributed by atoms with Gasteiger partial charge in [0.1, 0.15) is 22.3 Å². The van der Waals surface area contributed by atoms with Crippen LogP contribution in [0.1, 0.15) is 25.0 Å². The van der Waals surface area contributed by atoms with Gasteiger partial charge in [-0.05, 0) is 142 Å². The van der Waals surface area contributed by atoms with E-state index >= 15 is 0 Å². The number of hydrogen-bond donors (Lipinski definition) is 0. The molecule has 0 radical (unpaired) electrons. The van der Waals surface area contributed by atoms with Gasteiger partial charge in [-0.2, -0.15) is 0 Å². The van der Waals surface area contributed by atoms with Crippen molar-refractivity contribution >= 4 is 76.2 Å². The summed E-state index contributed by atoms with van der Waals surface area (Å²) < 4.78 is 12.6. The Bertz CT molecular complexity index is 4100. The van der Waals surface area contributed by atoms with E-state index in [-0.39, 0.29) is 5.41 Å². The van der Waals surface area contributed by atoms with Gasteiger partial charge in [0.2, 0.25) is 0 Å². The highest BCUT2D eigenvalue weighted by Gasteiger charge is 2.36. The van der Waals surface area contributed by atoms with Crippen LogP contribution in [0.2, 0.25) is 0 Å². The summed E-state index contributed by atoms with van der Waals surface area (Å²) in [7, 11) is 0. The van der Waals surface area contributed by atoms with E-state index in [0.717, 1.165) is 55.0 Å². The third kappa shape index (κ3) is 5.35. The van der Waals surface area contributed by atoms with E-state index in [1.807, 2.05) is 18.2 Å². The highest BCUT2D eigenvalue weighted by atomic mass is 16.3. The molecule has 0 atom stereocenters. The van der Waals surface area contributed by atoms with E-state index in [2.05, 4.69) is 202 Å². The molecule has 11 aromatic carbocycles. The maximum atomic E-state index is 6.35. The Morgan fingerprint density at radius 2 is 0.677 bits per heavy atom. The van der Waals surface area contributed by atoms with Crippen molar-refractivity contribution in [2.75, 3.05) is 0 Å². The van der Waals surface area contributed by atoms with Crippen molar-refractivity contribution in [3.8, 4) is 55.6 Å². The molecule has 0 unspecified atom stereocenters. The van der Waals surface area contributed by atoms with Gasteiger partial charge < -0.3 is 8.83 Å². The molecule has 0 fully saturated rings. The first-order valence-corrected chi connectivity index (χ1v) is 22.6. The van der Waals surface area contributed by atoms with Crippen LogP contribution in [-0.4, -0.2) is 0 Å². The first kappa shape index (κ1) is 36.3. The van der Waals surface area contributed by atoms with Crippen molar-refractivity contribution < 1.29 is 8.83 Å². The summed E-state index contributed by atoms with van der Waals surface area (Å²) in [6.45, 7) is 4.71. The molecule has 0 saturated heterocycles. The molecule has 13 aromatic rings. The summed E-state index contributed by atoms with van der Waals surface area (Å²) in [5.41, 5.74) is 18.7. The van der Waals surface area contributed by atoms with E-state index < -0.39 is 0 Å². The monoisotopic (exact) mass is 828 g/mol. The van der Waals surface area contributed by atoms with Crippen molar-refractivity contribution in [2.24, 2.45) is 0 Å². The molecule has 2 heterocycles. The predicted molar refractivity (Wildman–Crippen MR) is 273 cm³/mol. The summed E-state index contributed by atoms with van der Waals surface area (Å²) >= 11 is 0. The van der Waals surface area contributed by atoms with E-state index in [0.29, 0.717) is 0 Å². The molecule has 2 nitrogen and oxygen atoms in total. The first-order chi connectivity index (χ1) is 31.9. The SMILES string of the molecule is CC1(C)c2ccccc2-c2c(-c3ccc4c5ccc(-c6ccc(-c7ccc(-c8ccc9oc%10cc%11c(cc%10c9c8)oc8ccccc8%11)cc7)cc6)cc5c5ccccc5c4c3)cccc21. The van der Waals surface area contributed by atoms with Gasteiger partial charge >= 0.3 is 0 Å². The maximum Gasteiger partial charge on any atom is 0.136 e. The van der Waals surface area contributed by atoms with Gasteiger partial charge in [0.05, 0.1) is 0 Å². The zero-order valence-corrected chi connectivity index (χ0v) is 35.9. The number of rotatable bonds is 4. The third-order valence-corrected chi connectivity index (χ3v) is 14.5. The zero-order chi connectivity index (χ0) is 43.0. The Morgan fingerprint density at radius 1 is 0.262 bits per heavy atom. The van der Waals surface area contributed by atoms with Crippen molar-refractivity contribution in [3.05, 3.63) is 217 Å². The van der Waals surface area contributed by atoms with E-state index in [1.165, 1.54) is 88.0 Å². The molecular weight excluding hydrogens is 789 g/mol. The van der Waals surface area contributed by atoms with Crippen LogP contribution in [0.5, 0.6) is 0 Å². The van der Waals surface area contributed by atoms with Crippen LogP contribution >= 0.6 is 0 Å². The van der Waals surface area contributed by atoms with Gasteiger partial charge in [-0.25, -0.2) is 0 Å². The molecule has 0 spiro atoms. The first-order valence-electron chi connectivity index (χ1n) is 22.6. The van der Waals surface area contributed by atoms with Crippen molar-refractivity contribution in [3.63, 3.8) is 0 Å². The van der Waals surface area contributed by atoms with E-state index in [4.69, 9.17) is 8.83 Å². The lowest BCUT2D eigenvalue weighted by atomic mass is 9.82. The minimum atomic E-state index is -0.0349. The van der Waals surface area contributed by atoms with E-state index in [9.17, 15) is 0 Å². The molecule has 0 aliphatic heterocycles. The van der Waals surface area contributed by atoms with Crippen LogP contribution in [-0.2, 0) is 5.41 Å². The number of hydrogen-bond acceptors (Lipinski definition) is 2. The Morgan fingerprint density at radius 3 is 1.34 bits per heavy atom. The lowest BCUT2D eigenvalue weighted by molar-refractivity contribution is 0.660. The Balaban J connectivity index is 0.783. The fraction of sp³-hybridized carbons (Fsp3) is 0.0476. The van der Waals surface area contributed by atoms with Gasteiger partial charge in [0, 0.05) is 27.0 Å². The summed E-state index contributed by atoms with van der Waals surface area (Å²) in [6.07, 6.45) is 0. The van der Waals surface area contributed by atoms with Crippen molar-refractivity contribution in [2.45, 2.75) is 19.3 Å². The van der Waals surface area contributed by atoms with Crippen LogP contribution < -0.4 is 0 Å². The van der Waals surface area contributed by atoms with Crippen LogP contribution in [0.3, 0.4) is 0 Å². The lowest BCUT2D eigenvalue weighted by Gasteiger charge is -2.21. The summed E-state index contributed by atoms with van der Waals surface area (Å²) in [5, 5.41) is 12.0. The van der Waals surface area contributed by atoms with Gasteiger partial charge in [0.15, 0.2) is 0 Å². The summed E-state index contributed by atoms with van der Waals surface area (Å²) in [4.78, 5) is 0. The highest BCUT2D eigenvalue weighted by molar-refractivity contribution is 6.26. The van der Waals surface area contributed by atoms with Crippen LogP contribution in [0.25, 0.3) is 132 Å². The maximum absolute atomic E-state index is 6.35. The average Bonchev–Trinajstić information content (AvgIpc) is 3.99. The molecule has 65 heavy (non-hydrogen) atoms. The highest BCUT2D eigenvalue weighted by Crippen LogP contribution is 2.52. The molecule has 2 heteroatoms. The normalized spacial score (nSPS) is 13.2. The number of benzene rings is 11. The van der Waals surface area contributed by atoms with Gasteiger partial charge in [-0.15, -0.1) is 0 Å². The molecule has 1 aliphatic rings. The van der Waals surface area contributed by atoms with Gasteiger partial charge in [0.25, 0.3) is 0 Å². The van der Waals surface area contributed by atoms with E-state index in [1.54, 1.807) is 0 Å². The Hall–Kier alpha value is -8.20. The number of para-hydroxylation sites is 1. The van der Waals surface area contributed by atoms with Gasteiger partial charge in [-0.3, -0.25) is 0 Å². The molecule has 0 saturated carbocycles. The number of fused-ring (bicyclic) bond motifs is 15. The molecular formula is C63H40O2. The van der Waals surface area contributed by atoms with Crippen LogP contribution in [0.15, 0.2) is 215 Å². The molecule has 304 valence electrons.